The van der Waals surface area contributed by atoms with Gasteiger partial charge in [0.2, 0.25) is 0 Å². The van der Waals surface area contributed by atoms with E-state index < -0.39 is 17.7 Å². The highest BCUT2D eigenvalue weighted by Gasteiger charge is 2.46. The molecule has 0 spiro atoms. The maximum Gasteiger partial charge on any atom is 0.295 e. The van der Waals surface area contributed by atoms with E-state index in [1.807, 2.05) is 25.9 Å². The quantitative estimate of drug-likeness (QED) is 0.410. The summed E-state index contributed by atoms with van der Waals surface area (Å²) in [7, 11) is 3.91. The molecule has 1 aliphatic heterocycles. The molecule has 0 saturated carbocycles. The van der Waals surface area contributed by atoms with Crippen molar-refractivity contribution in [3.63, 3.8) is 0 Å². The topological polar surface area (TPSA) is 83.0 Å². The number of pyridine rings is 1. The Hall–Kier alpha value is -3.19. The lowest BCUT2D eigenvalue weighted by molar-refractivity contribution is -0.140. The fourth-order valence-corrected chi connectivity index (χ4v) is 3.57. The molecule has 30 heavy (non-hydrogen) atoms. The molecule has 1 saturated heterocycles. The van der Waals surface area contributed by atoms with Crippen LogP contribution >= 0.6 is 0 Å². The Bertz CT molecular complexity index is 940. The Balaban J connectivity index is 2.06. The molecule has 7 nitrogen and oxygen atoms in total. The molecule has 2 heterocycles. The summed E-state index contributed by atoms with van der Waals surface area (Å²) >= 11 is 0. The van der Waals surface area contributed by atoms with Crippen LogP contribution in [0, 0.1) is 0 Å². The highest BCUT2D eigenvalue weighted by Crippen LogP contribution is 2.38. The molecule has 1 fully saturated rings. The third-order valence-electron chi connectivity index (χ3n) is 4.93. The average Bonchev–Trinajstić information content (AvgIpc) is 2.99. The van der Waals surface area contributed by atoms with E-state index in [1.165, 1.54) is 4.90 Å². The van der Waals surface area contributed by atoms with Crippen LogP contribution in [0.25, 0.3) is 5.76 Å². The molecule has 1 aromatic heterocycles. The molecule has 2 aromatic rings. The molecule has 158 valence electrons. The van der Waals surface area contributed by atoms with Crippen LogP contribution in [0.4, 0.5) is 0 Å². The first-order chi connectivity index (χ1) is 14.4. The number of carbonyl (C=O) groups excluding carboxylic acids is 2. The molecule has 1 atom stereocenters. The van der Waals surface area contributed by atoms with Gasteiger partial charge >= 0.3 is 0 Å². The first-order valence-electron chi connectivity index (χ1n) is 10.0. The number of Topliss-reactive ketones (excluding diaryl/α,β-unsaturated/α-hetero) is 1. The van der Waals surface area contributed by atoms with E-state index in [1.54, 1.807) is 48.7 Å². The van der Waals surface area contributed by atoms with Crippen molar-refractivity contribution in [2.45, 2.75) is 19.4 Å². The van der Waals surface area contributed by atoms with Crippen LogP contribution in [-0.2, 0) is 9.59 Å². The minimum absolute atomic E-state index is 0.0530. The van der Waals surface area contributed by atoms with Gasteiger partial charge in [-0.15, -0.1) is 0 Å². The van der Waals surface area contributed by atoms with Crippen molar-refractivity contribution >= 4 is 17.4 Å². The highest BCUT2D eigenvalue weighted by molar-refractivity contribution is 6.46. The monoisotopic (exact) mass is 409 g/mol. The van der Waals surface area contributed by atoms with E-state index >= 15 is 0 Å². The van der Waals surface area contributed by atoms with Gasteiger partial charge in [-0.3, -0.25) is 14.6 Å². The number of aromatic nitrogens is 1. The van der Waals surface area contributed by atoms with E-state index in [9.17, 15) is 14.7 Å². The van der Waals surface area contributed by atoms with Gasteiger partial charge in [-0.25, -0.2) is 0 Å². The molecule has 3 rings (SSSR count). The lowest BCUT2D eigenvalue weighted by Crippen LogP contribution is -2.32. The van der Waals surface area contributed by atoms with Crippen molar-refractivity contribution in [3.05, 3.63) is 65.5 Å². The molecule has 0 radical (unpaired) electrons. The van der Waals surface area contributed by atoms with Crippen molar-refractivity contribution < 1.29 is 19.4 Å². The number of likely N-dealkylation sites (tertiary alicyclic amines) is 1. The Morgan fingerprint density at radius 3 is 2.67 bits per heavy atom. The Morgan fingerprint density at radius 2 is 2.00 bits per heavy atom. The van der Waals surface area contributed by atoms with Crippen molar-refractivity contribution in [2.75, 3.05) is 33.8 Å². The molecule has 1 aliphatic rings. The number of aliphatic hydroxyl groups excluding tert-OH is 1. The molecular formula is C23H27N3O4. The summed E-state index contributed by atoms with van der Waals surface area (Å²) < 4.78 is 5.50. The minimum Gasteiger partial charge on any atom is -0.507 e. The Morgan fingerprint density at radius 1 is 1.20 bits per heavy atom. The Labute approximate surface area is 176 Å². The molecule has 0 aliphatic carbocycles. The molecule has 7 heteroatoms. The number of hydrogen-bond acceptors (Lipinski definition) is 6. The van der Waals surface area contributed by atoms with Gasteiger partial charge in [0, 0.05) is 18.3 Å². The fraction of sp³-hybridized carbons (Fsp3) is 0.348. The molecule has 1 N–H and O–H groups in total. The van der Waals surface area contributed by atoms with Crippen LogP contribution in [0.15, 0.2) is 54.2 Å². The minimum atomic E-state index is -0.732. The first-order valence-corrected chi connectivity index (χ1v) is 10.0. The van der Waals surface area contributed by atoms with E-state index in [4.69, 9.17) is 4.74 Å². The Kier molecular flexibility index (Phi) is 6.84. The van der Waals surface area contributed by atoms with Crippen molar-refractivity contribution in [1.82, 2.24) is 14.8 Å². The van der Waals surface area contributed by atoms with Gasteiger partial charge in [-0.05, 0) is 58.3 Å². The lowest BCUT2D eigenvalue weighted by Gasteiger charge is -2.25. The number of ether oxygens (including phenoxy) is 1. The summed E-state index contributed by atoms with van der Waals surface area (Å²) in [5.74, 6) is -0.960. The number of nitrogens with zero attached hydrogens (tertiary/aromatic N) is 3. The van der Waals surface area contributed by atoms with Crippen LogP contribution in [0.5, 0.6) is 5.75 Å². The number of aliphatic hydroxyl groups is 1. The second-order valence-electron chi connectivity index (χ2n) is 7.36. The summed E-state index contributed by atoms with van der Waals surface area (Å²) in [6.45, 7) is 3.51. The zero-order chi connectivity index (χ0) is 21.7. The van der Waals surface area contributed by atoms with Crippen molar-refractivity contribution in [2.24, 2.45) is 0 Å². The van der Waals surface area contributed by atoms with E-state index in [0.29, 0.717) is 36.6 Å². The number of carbonyl (C=O) groups is 2. The molecule has 1 unspecified atom stereocenters. The van der Waals surface area contributed by atoms with Crippen LogP contribution in [0.3, 0.4) is 0 Å². The molecule has 1 amide bonds. The predicted molar refractivity (Wildman–Crippen MR) is 114 cm³/mol. The number of amides is 1. The SMILES string of the molecule is CCOc1cccc(/C(O)=C2/C(=O)C(=O)N(CCCN(C)C)C2c2ccccn2)c1. The summed E-state index contributed by atoms with van der Waals surface area (Å²) in [6, 6.07) is 11.5. The van der Waals surface area contributed by atoms with Crippen LogP contribution in [0.1, 0.15) is 30.6 Å². The lowest BCUT2D eigenvalue weighted by atomic mass is 9.98. The van der Waals surface area contributed by atoms with Gasteiger partial charge in [0.15, 0.2) is 0 Å². The number of rotatable bonds is 8. The van der Waals surface area contributed by atoms with Crippen molar-refractivity contribution in [3.8, 4) is 5.75 Å². The number of hydrogen-bond donors (Lipinski definition) is 1. The summed E-state index contributed by atoms with van der Waals surface area (Å²) in [4.78, 5) is 33.7. The summed E-state index contributed by atoms with van der Waals surface area (Å²) in [5, 5.41) is 11.1. The standard InChI is InChI=1S/C23H27N3O4/c1-4-30-17-10-7-9-16(15-17)21(27)19-20(18-11-5-6-12-24-18)26(23(29)22(19)28)14-8-13-25(2)3/h5-7,9-12,15,20,27H,4,8,13-14H2,1-3H3/b21-19-. The number of ketones is 1. The zero-order valence-corrected chi connectivity index (χ0v) is 17.5. The molecule has 1 aromatic carbocycles. The number of benzene rings is 1. The van der Waals surface area contributed by atoms with Gasteiger partial charge in [-0.2, -0.15) is 0 Å². The van der Waals surface area contributed by atoms with Gasteiger partial charge in [0.25, 0.3) is 11.7 Å². The highest BCUT2D eigenvalue weighted by atomic mass is 16.5. The average molecular weight is 409 g/mol. The van der Waals surface area contributed by atoms with Crippen LogP contribution in [-0.4, -0.2) is 65.4 Å². The third kappa shape index (κ3) is 4.52. The van der Waals surface area contributed by atoms with E-state index in [2.05, 4.69) is 4.98 Å². The molecular weight excluding hydrogens is 382 g/mol. The van der Waals surface area contributed by atoms with Gasteiger partial charge < -0.3 is 19.6 Å². The third-order valence-corrected chi connectivity index (χ3v) is 4.93. The second kappa shape index (κ2) is 9.54. The maximum absolute atomic E-state index is 12.9. The zero-order valence-electron chi connectivity index (χ0n) is 17.5. The van der Waals surface area contributed by atoms with Crippen LogP contribution in [0.2, 0.25) is 0 Å². The van der Waals surface area contributed by atoms with Crippen molar-refractivity contribution in [1.29, 1.82) is 0 Å². The summed E-state index contributed by atoms with van der Waals surface area (Å²) in [6.07, 6.45) is 2.31. The fourth-order valence-electron chi connectivity index (χ4n) is 3.57. The maximum atomic E-state index is 12.9. The van der Waals surface area contributed by atoms with E-state index in [0.717, 1.165) is 6.54 Å². The van der Waals surface area contributed by atoms with Gasteiger partial charge in [-0.1, -0.05) is 18.2 Å². The van der Waals surface area contributed by atoms with E-state index in [-0.39, 0.29) is 11.3 Å². The largest absolute Gasteiger partial charge is 0.507 e. The van der Waals surface area contributed by atoms with Gasteiger partial charge in [0.1, 0.15) is 17.6 Å². The molecule has 0 bridgehead atoms. The van der Waals surface area contributed by atoms with Gasteiger partial charge in [0.05, 0.1) is 17.9 Å². The predicted octanol–water partition coefficient (Wildman–Crippen LogP) is 2.85. The first kappa shape index (κ1) is 21.5. The van der Waals surface area contributed by atoms with Crippen LogP contribution < -0.4 is 4.74 Å². The smallest absolute Gasteiger partial charge is 0.295 e. The normalized spacial score (nSPS) is 18.3. The second-order valence-corrected chi connectivity index (χ2v) is 7.36. The summed E-state index contributed by atoms with van der Waals surface area (Å²) in [5.41, 5.74) is 1.02.